The van der Waals surface area contributed by atoms with Crippen LogP contribution in [0.3, 0.4) is 0 Å². The van der Waals surface area contributed by atoms with Gasteiger partial charge < -0.3 is 14.8 Å². The van der Waals surface area contributed by atoms with Gasteiger partial charge in [0, 0.05) is 19.6 Å². The molecule has 26 heavy (non-hydrogen) atoms. The number of nitrogens with zero attached hydrogens (tertiary/aromatic N) is 3. The minimum absolute atomic E-state index is 0.176. The van der Waals surface area contributed by atoms with E-state index >= 15 is 0 Å². The Morgan fingerprint density at radius 3 is 2.50 bits per heavy atom. The van der Waals surface area contributed by atoms with E-state index in [-0.39, 0.29) is 5.91 Å². The van der Waals surface area contributed by atoms with E-state index in [2.05, 4.69) is 17.4 Å². The van der Waals surface area contributed by atoms with Crippen molar-refractivity contribution >= 4 is 22.9 Å². The quantitative estimate of drug-likeness (QED) is 0.765. The van der Waals surface area contributed by atoms with Crippen LogP contribution in [0.2, 0.25) is 0 Å². The molecular formula is C21H24N4O. The number of anilines is 1. The highest BCUT2D eigenvalue weighted by atomic mass is 16.2. The van der Waals surface area contributed by atoms with Crippen molar-refractivity contribution in [2.75, 3.05) is 18.4 Å². The molecule has 0 radical (unpaired) electrons. The van der Waals surface area contributed by atoms with Crippen LogP contribution in [-0.2, 0) is 17.9 Å². The second kappa shape index (κ2) is 7.60. The Hall–Kier alpha value is -2.82. The maximum absolute atomic E-state index is 12.8. The number of fused-ring (bicyclic) bond motifs is 1. The van der Waals surface area contributed by atoms with Crippen LogP contribution in [0.15, 0.2) is 54.6 Å². The van der Waals surface area contributed by atoms with Crippen LogP contribution in [0.1, 0.15) is 24.8 Å². The lowest BCUT2D eigenvalue weighted by Crippen LogP contribution is -2.37. The second-order valence-corrected chi connectivity index (χ2v) is 6.79. The molecule has 1 amide bonds. The van der Waals surface area contributed by atoms with Crippen molar-refractivity contribution in [1.29, 1.82) is 0 Å². The van der Waals surface area contributed by atoms with Crippen molar-refractivity contribution in [1.82, 2.24) is 14.5 Å². The fraction of sp³-hybridized carbons (Fsp3) is 0.333. The van der Waals surface area contributed by atoms with Crippen molar-refractivity contribution in [2.24, 2.45) is 0 Å². The van der Waals surface area contributed by atoms with Crippen LogP contribution >= 0.6 is 0 Å². The maximum Gasteiger partial charge on any atom is 0.242 e. The number of imidazole rings is 1. The fourth-order valence-electron chi connectivity index (χ4n) is 3.53. The third-order valence-corrected chi connectivity index (χ3v) is 4.95. The van der Waals surface area contributed by atoms with Crippen LogP contribution in [0.5, 0.6) is 0 Å². The molecule has 0 aliphatic carbocycles. The molecule has 0 bridgehead atoms. The third kappa shape index (κ3) is 3.57. The summed E-state index contributed by atoms with van der Waals surface area (Å²) in [7, 11) is 0. The Morgan fingerprint density at radius 2 is 1.69 bits per heavy atom. The standard InChI is InChI=1S/C21H24N4O/c26-20(24-13-7-2-8-14-24)16-25-19-12-6-5-11-18(19)23-21(25)22-15-17-9-3-1-4-10-17/h1,3-6,9-12H,2,7-8,13-16H2,(H,22,23). The molecule has 0 atom stereocenters. The summed E-state index contributed by atoms with van der Waals surface area (Å²) in [4.78, 5) is 19.5. The number of aromatic nitrogens is 2. The lowest BCUT2D eigenvalue weighted by molar-refractivity contribution is -0.132. The van der Waals surface area contributed by atoms with Gasteiger partial charge in [0.2, 0.25) is 11.9 Å². The molecule has 3 aromatic rings. The lowest BCUT2D eigenvalue weighted by atomic mass is 10.1. The van der Waals surface area contributed by atoms with E-state index in [0.717, 1.165) is 42.9 Å². The number of hydrogen-bond donors (Lipinski definition) is 1. The van der Waals surface area contributed by atoms with Crippen LogP contribution in [0, 0.1) is 0 Å². The molecule has 134 valence electrons. The number of carbonyl (C=O) groups is 1. The summed E-state index contributed by atoms with van der Waals surface area (Å²) in [6.45, 7) is 2.76. The van der Waals surface area contributed by atoms with Gasteiger partial charge in [-0.2, -0.15) is 0 Å². The molecule has 1 aliphatic heterocycles. The highest BCUT2D eigenvalue weighted by molar-refractivity contribution is 5.83. The highest BCUT2D eigenvalue weighted by Crippen LogP contribution is 2.21. The normalized spacial score (nSPS) is 14.5. The highest BCUT2D eigenvalue weighted by Gasteiger charge is 2.19. The van der Waals surface area contributed by atoms with E-state index in [1.165, 1.54) is 12.0 Å². The summed E-state index contributed by atoms with van der Waals surface area (Å²) in [5.41, 5.74) is 3.09. The van der Waals surface area contributed by atoms with Crippen LogP contribution < -0.4 is 5.32 Å². The average Bonchev–Trinajstić information content (AvgIpc) is 3.05. The fourth-order valence-corrected chi connectivity index (χ4v) is 3.53. The van der Waals surface area contributed by atoms with E-state index in [0.29, 0.717) is 13.1 Å². The molecule has 4 rings (SSSR count). The van der Waals surface area contributed by atoms with Gasteiger partial charge >= 0.3 is 0 Å². The van der Waals surface area contributed by atoms with E-state index in [4.69, 9.17) is 4.98 Å². The van der Waals surface area contributed by atoms with Crippen LogP contribution in [0.25, 0.3) is 11.0 Å². The molecule has 0 spiro atoms. The number of para-hydroxylation sites is 2. The Morgan fingerprint density at radius 1 is 0.962 bits per heavy atom. The lowest BCUT2D eigenvalue weighted by Gasteiger charge is -2.27. The molecule has 1 fully saturated rings. The largest absolute Gasteiger partial charge is 0.352 e. The molecule has 5 nitrogen and oxygen atoms in total. The summed E-state index contributed by atoms with van der Waals surface area (Å²) in [5, 5.41) is 3.41. The van der Waals surface area contributed by atoms with Gasteiger partial charge in [-0.1, -0.05) is 42.5 Å². The minimum atomic E-state index is 0.176. The minimum Gasteiger partial charge on any atom is -0.352 e. The molecule has 1 aliphatic rings. The zero-order chi connectivity index (χ0) is 17.8. The molecule has 0 unspecified atom stereocenters. The van der Waals surface area contributed by atoms with Gasteiger partial charge in [0.1, 0.15) is 6.54 Å². The van der Waals surface area contributed by atoms with Crippen molar-refractivity contribution in [2.45, 2.75) is 32.4 Å². The van der Waals surface area contributed by atoms with E-state index < -0.39 is 0 Å². The Bertz CT molecular complexity index is 881. The first-order chi connectivity index (χ1) is 12.8. The van der Waals surface area contributed by atoms with Crippen molar-refractivity contribution in [3.05, 3.63) is 60.2 Å². The van der Waals surface area contributed by atoms with Crippen molar-refractivity contribution < 1.29 is 4.79 Å². The topological polar surface area (TPSA) is 50.2 Å². The van der Waals surface area contributed by atoms with Crippen LogP contribution in [-0.4, -0.2) is 33.4 Å². The van der Waals surface area contributed by atoms with Gasteiger partial charge in [-0.15, -0.1) is 0 Å². The molecule has 2 aromatic carbocycles. The molecule has 1 N–H and O–H groups in total. The second-order valence-electron chi connectivity index (χ2n) is 6.79. The van der Waals surface area contributed by atoms with E-state index in [1.54, 1.807) is 0 Å². The number of likely N-dealkylation sites (tertiary alicyclic amines) is 1. The predicted molar refractivity (Wildman–Crippen MR) is 104 cm³/mol. The number of piperidine rings is 1. The summed E-state index contributed by atoms with van der Waals surface area (Å²) >= 11 is 0. The van der Waals surface area contributed by atoms with Gasteiger partial charge in [0.25, 0.3) is 0 Å². The van der Waals surface area contributed by atoms with Gasteiger partial charge in [0.15, 0.2) is 0 Å². The summed E-state index contributed by atoms with van der Waals surface area (Å²) in [6.07, 6.45) is 3.44. The predicted octanol–water partition coefficient (Wildman–Crippen LogP) is 3.66. The summed E-state index contributed by atoms with van der Waals surface area (Å²) in [6, 6.07) is 18.2. The summed E-state index contributed by atoms with van der Waals surface area (Å²) in [5.74, 6) is 0.927. The van der Waals surface area contributed by atoms with Crippen molar-refractivity contribution in [3.63, 3.8) is 0 Å². The average molecular weight is 348 g/mol. The third-order valence-electron chi connectivity index (χ3n) is 4.95. The monoisotopic (exact) mass is 348 g/mol. The van der Waals surface area contributed by atoms with Gasteiger partial charge in [0.05, 0.1) is 11.0 Å². The molecule has 5 heteroatoms. The molecular weight excluding hydrogens is 324 g/mol. The first kappa shape index (κ1) is 16.6. The van der Waals surface area contributed by atoms with Gasteiger partial charge in [-0.25, -0.2) is 4.98 Å². The SMILES string of the molecule is O=C(Cn1c(NCc2ccccc2)nc2ccccc21)N1CCCCC1. The smallest absolute Gasteiger partial charge is 0.242 e. The van der Waals surface area contributed by atoms with Crippen molar-refractivity contribution in [3.8, 4) is 0 Å². The Labute approximate surface area is 153 Å². The first-order valence-electron chi connectivity index (χ1n) is 9.32. The molecule has 1 aromatic heterocycles. The number of benzene rings is 2. The Kier molecular flexibility index (Phi) is 4.86. The summed E-state index contributed by atoms with van der Waals surface area (Å²) < 4.78 is 2.01. The number of carbonyl (C=O) groups excluding carboxylic acids is 1. The number of hydrogen-bond acceptors (Lipinski definition) is 3. The molecule has 2 heterocycles. The maximum atomic E-state index is 12.8. The zero-order valence-electron chi connectivity index (χ0n) is 14.9. The van der Waals surface area contributed by atoms with Crippen LogP contribution in [0.4, 0.5) is 5.95 Å². The zero-order valence-corrected chi connectivity index (χ0v) is 14.9. The number of nitrogens with one attached hydrogen (secondary N) is 1. The molecule has 1 saturated heterocycles. The number of rotatable bonds is 5. The number of amides is 1. The van der Waals surface area contributed by atoms with Gasteiger partial charge in [-0.05, 0) is 37.0 Å². The van der Waals surface area contributed by atoms with E-state index in [1.807, 2.05) is 51.9 Å². The molecule has 0 saturated carbocycles. The van der Waals surface area contributed by atoms with E-state index in [9.17, 15) is 4.79 Å². The Balaban J connectivity index is 1.58. The van der Waals surface area contributed by atoms with Gasteiger partial charge in [-0.3, -0.25) is 4.79 Å². The first-order valence-corrected chi connectivity index (χ1v) is 9.32.